The lowest BCUT2D eigenvalue weighted by Gasteiger charge is -2.35. The average Bonchev–Trinajstić information content (AvgIpc) is 3.07. The van der Waals surface area contributed by atoms with E-state index >= 15 is 0 Å². The van der Waals surface area contributed by atoms with Gasteiger partial charge in [-0.2, -0.15) is 0 Å². The van der Waals surface area contributed by atoms with Crippen molar-refractivity contribution in [2.45, 2.75) is 62.0 Å². The van der Waals surface area contributed by atoms with Gasteiger partial charge >= 0.3 is 0 Å². The maximum absolute atomic E-state index is 14.5. The molecule has 0 bridgehead atoms. The highest BCUT2D eigenvalue weighted by Gasteiger charge is 2.35. The van der Waals surface area contributed by atoms with Crippen molar-refractivity contribution in [2.75, 3.05) is 10.8 Å². The number of carbonyl (C=O) groups excluding carboxylic acids is 2. The molecule has 10 heteroatoms. The first-order valence-corrected chi connectivity index (χ1v) is 17.2. The Morgan fingerprint density at radius 1 is 0.826 bits per heavy atom. The topological polar surface area (TPSA) is 86.8 Å². The van der Waals surface area contributed by atoms with E-state index in [0.717, 1.165) is 54.1 Å². The fourth-order valence-corrected chi connectivity index (χ4v) is 7.39. The molecule has 1 fully saturated rings. The van der Waals surface area contributed by atoms with E-state index < -0.39 is 34.3 Å². The summed E-state index contributed by atoms with van der Waals surface area (Å²) in [6, 6.07) is 28.1. The molecule has 4 aromatic rings. The van der Waals surface area contributed by atoms with Crippen LogP contribution in [0, 0.1) is 5.82 Å². The molecule has 5 rings (SSSR count). The van der Waals surface area contributed by atoms with Gasteiger partial charge in [-0.1, -0.05) is 97.6 Å². The molecule has 1 aliphatic carbocycles. The van der Waals surface area contributed by atoms with Gasteiger partial charge in [0.25, 0.3) is 10.0 Å². The summed E-state index contributed by atoms with van der Waals surface area (Å²) in [6.07, 6.45) is 5.07. The molecule has 0 radical (unpaired) electrons. The van der Waals surface area contributed by atoms with Crippen LogP contribution in [-0.2, 0) is 32.6 Å². The van der Waals surface area contributed by atoms with Crippen molar-refractivity contribution in [1.29, 1.82) is 0 Å². The number of amides is 2. The van der Waals surface area contributed by atoms with Crippen molar-refractivity contribution in [3.05, 3.63) is 131 Å². The van der Waals surface area contributed by atoms with Crippen LogP contribution in [0.1, 0.15) is 43.2 Å². The van der Waals surface area contributed by atoms with Crippen molar-refractivity contribution < 1.29 is 22.4 Å². The van der Waals surface area contributed by atoms with E-state index in [-0.39, 0.29) is 35.5 Å². The summed E-state index contributed by atoms with van der Waals surface area (Å²) in [5, 5.41) is 3.60. The Bertz CT molecular complexity index is 1720. The number of rotatable bonds is 12. The molecular weight excluding hydrogens is 625 g/mol. The summed E-state index contributed by atoms with van der Waals surface area (Å²) in [4.78, 5) is 30.1. The number of sulfonamides is 1. The first-order chi connectivity index (χ1) is 22.2. The van der Waals surface area contributed by atoms with Crippen molar-refractivity contribution in [3.8, 4) is 0 Å². The molecule has 1 saturated carbocycles. The summed E-state index contributed by atoms with van der Waals surface area (Å²) in [7, 11) is -4.27. The van der Waals surface area contributed by atoms with E-state index in [1.54, 1.807) is 42.5 Å². The lowest BCUT2D eigenvalue weighted by atomic mass is 9.94. The van der Waals surface area contributed by atoms with E-state index in [1.807, 2.05) is 30.3 Å². The van der Waals surface area contributed by atoms with Crippen LogP contribution >= 0.6 is 11.6 Å². The summed E-state index contributed by atoms with van der Waals surface area (Å²) < 4.78 is 42.9. The molecule has 1 N–H and O–H groups in total. The lowest BCUT2D eigenvalue weighted by molar-refractivity contribution is -0.140. The zero-order chi connectivity index (χ0) is 32.5. The fourth-order valence-electron chi connectivity index (χ4n) is 5.76. The van der Waals surface area contributed by atoms with Gasteiger partial charge in [0.05, 0.1) is 10.6 Å². The van der Waals surface area contributed by atoms with Crippen LogP contribution in [0.4, 0.5) is 10.1 Å². The molecule has 0 unspecified atom stereocenters. The minimum absolute atomic E-state index is 0.00837. The van der Waals surface area contributed by atoms with Gasteiger partial charge in [0, 0.05) is 24.0 Å². The van der Waals surface area contributed by atoms with Crippen molar-refractivity contribution in [3.63, 3.8) is 0 Å². The predicted molar refractivity (Wildman–Crippen MR) is 178 cm³/mol. The molecule has 0 aromatic heterocycles. The highest BCUT2D eigenvalue weighted by Crippen LogP contribution is 2.27. The van der Waals surface area contributed by atoms with E-state index in [2.05, 4.69) is 5.32 Å². The number of anilines is 1. The Morgan fingerprint density at radius 3 is 2.09 bits per heavy atom. The number of halogens is 2. The number of hydrogen-bond donors (Lipinski definition) is 1. The number of hydrogen-bond acceptors (Lipinski definition) is 4. The third-order valence-electron chi connectivity index (χ3n) is 8.25. The fraction of sp³-hybridized carbons (Fsp3) is 0.278. The van der Waals surface area contributed by atoms with Crippen LogP contribution in [0.3, 0.4) is 0 Å². The van der Waals surface area contributed by atoms with Crippen LogP contribution in [0.5, 0.6) is 0 Å². The second-order valence-corrected chi connectivity index (χ2v) is 13.7. The molecule has 2 amide bonds. The normalized spacial score (nSPS) is 14.3. The molecule has 4 aromatic carbocycles. The van der Waals surface area contributed by atoms with Gasteiger partial charge in [0.2, 0.25) is 11.8 Å². The van der Waals surface area contributed by atoms with Crippen LogP contribution in [0.2, 0.25) is 5.02 Å². The first kappa shape index (κ1) is 33.2. The van der Waals surface area contributed by atoms with Gasteiger partial charge in [0.15, 0.2) is 0 Å². The molecule has 0 heterocycles. The van der Waals surface area contributed by atoms with Gasteiger partial charge < -0.3 is 10.2 Å². The van der Waals surface area contributed by atoms with Gasteiger partial charge in [-0.3, -0.25) is 13.9 Å². The molecule has 46 heavy (non-hydrogen) atoms. The third kappa shape index (κ3) is 8.33. The summed E-state index contributed by atoms with van der Waals surface area (Å²) in [5.41, 5.74) is 1.57. The molecule has 1 atom stereocenters. The number of nitrogens with zero attached hydrogens (tertiary/aromatic N) is 2. The van der Waals surface area contributed by atoms with Gasteiger partial charge in [-0.05, 0) is 66.4 Å². The van der Waals surface area contributed by atoms with Crippen LogP contribution in [-0.4, -0.2) is 43.8 Å². The molecule has 240 valence electrons. The first-order valence-electron chi connectivity index (χ1n) is 15.4. The van der Waals surface area contributed by atoms with Crippen LogP contribution in [0.15, 0.2) is 114 Å². The van der Waals surface area contributed by atoms with Crippen molar-refractivity contribution in [2.24, 2.45) is 0 Å². The quantitative estimate of drug-likeness (QED) is 0.182. The summed E-state index contributed by atoms with van der Waals surface area (Å²) >= 11 is 6.56. The highest BCUT2D eigenvalue weighted by molar-refractivity contribution is 7.92. The largest absolute Gasteiger partial charge is 0.352 e. The summed E-state index contributed by atoms with van der Waals surface area (Å²) in [6.45, 7) is -0.661. The van der Waals surface area contributed by atoms with E-state index in [4.69, 9.17) is 11.6 Å². The standard InChI is InChI=1S/C36H37ClFN3O4S/c37-33-19-11-10-14-28(33)25-40(34(24-27-12-4-1-5-13-27)36(43)39-30-15-6-2-7-16-30)35(42)26-41(31-22-20-29(38)21-23-31)46(44,45)32-17-8-3-9-18-32/h1,3-5,8-14,17-23,30,34H,2,6-7,15-16,24-26H2,(H,39,43)/t34-/m1/s1. The molecule has 0 spiro atoms. The van der Waals surface area contributed by atoms with Gasteiger partial charge in [-0.15, -0.1) is 0 Å². The molecular formula is C36H37ClFN3O4S. The minimum atomic E-state index is -4.27. The lowest BCUT2D eigenvalue weighted by Crippen LogP contribution is -2.55. The number of benzene rings is 4. The Labute approximate surface area is 275 Å². The van der Waals surface area contributed by atoms with Crippen molar-refractivity contribution >= 4 is 39.1 Å². The van der Waals surface area contributed by atoms with Crippen LogP contribution < -0.4 is 9.62 Å². The average molecular weight is 662 g/mol. The second-order valence-electron chi connectivity index (χ2n) is 11.5. The maximum Gasteiger partial charge on any atom is 0.264 e. The highest BCUT2D eigenvalue weighted by atomic mass is 35.5. The number of nitrogens with one attached hydrogen (secondary N) is 1. The van der Waals surface area contributed by atoms with Gasteiger partial charge in [0.1, 0.15) is 18.4 Å². The Morgan fingerprint density at radius 2 is 1.43 bits per heavy atom. The van der Waals surface area contributed by atoms with Crippen LogP contribution in [0.25, 0.3) is 0 Å². The smallest absolute Gasteiger partial charge is 0.264 e. The van der Waals surface area contributed by atoms with E-state index in [0.29, 0.717) is 10.6 Å². The second kappa shape index (κ2) is 15.4. The van der Waals surface area contributed by atoms with Crippen molar-refractivity contribution in [1.82, 2.24) is 10.2 Å². The molecule has 1 aliphatic rings. The van der Waals surface area contributed by atoms with E-state index in [9.17, 15) is 22.4 Å². The molecule has 0 aliphatic heterocycles. The number of carbonyl (C=O) groups is 2. The Balaban J connectivity index is 1.56. The van der Waals surface area contributed by atoms with E-state index in [1.165, 1.54) is 29.2 Å². The zero-order valence-electron chi connectivity index (χ0n) is 25.4. The van der Waals surface area contributed by atoms with Gasteiger partial charge in [-0.25, -0.2) is 12.8 Å². The third-order valence-corrected chi connectivity index (χ3v) is 10.4. The summed E-state index contributed by atoms with van der Waals surface area (Å²) in [5.74, 6) is -1.46. The SMILES string of the molecule is O=C(NC1CCCCC1)[C@@H](Cc1ccccc1)N(Cc1ccccc1Cl)C(=O)CN(c1ccc(F)cc1)S(=O)(=O)c1ccccc1. The zero-order valence-corrected chi connectivity index (χ0v) is 27.0. The maximum atomic E-state index is 14.5. The monoisotopic (exact) mass is 661 g/mol. The molecule has 0 saturated heterocycles. The Kier molecular flexibility index (Phi) is 11.1. The Hall–Kier alpha value is -4.21. The minimum Gasteiger partial charge on any atom is -0.352 e. The predicted octanol–water partition coefficient (Wildman–Crippen LogP) is 6.76. The molecule has 7 nitrogen and oxygen atoms in total.